The van der Waals surface area contributed by atoms with Crippen molar-refractivity contribution in [3.8, 4) is 0 Å². The summed E-state index contributed by atoms with van der Waals surface area (Å²) in [5, 5.41) is 9.48. The molecule has 5 heteroatoms. The molecule has 1 atom stereocenters. The highest BCUT2D eigenvalue weighted by Gasteiger charge is 2.19. The molecule has 0 N–H and O–H groups in total. The Hall–Kier alpha value is -0.130. The molecular weight excluding hydrogens is 190 g/mol. The molecule has 0 aromatic carbocycles. The van der Waals surface area contributed by atoms with Crippen molar-refractivity contribution in [2.24, 2.45) is 0 Å². The predicted molar refractivity (Wildman–Crippen MR) is 52.6 cm³/mol. The van der Waals surface area contributed by atoms with Crippen molar-refractivity contribution in [1.29, 1.82) is 0 Å². The first-order chi connectivity index (χ1) is 5.84. The zero-order valence-corrected chi connectivity index (χ0v) is 8.39. The van der Waals surface area contributed by atoms with Crippen molar-refractivity contribution < 1.29 is 0 Å². The van der Waals surface area contributed by atoms with Crippen LogP contribution in [-0.4, -0.2) is 33.4 Å². The van der Waals surface area contributed by atoms with E-state index in [9.17, 15) is 0 Å². The molecule has 0 spiro atoms. The molecule has 2 heterocycles. The van der Waals surface area contributed by atoms with E-state index in [2.05, 4.69) is 27.7 Å². The van der Waals surface area contributed by atoms with Crippen LogP contribution in [0.3, 0.4) is 0 Å². The van der Waals surface area contributed by atoms with Gasteiger partial charge >= 0.3 is 0 Å². The maximum Gasteiger partial charge on any atom is 0.131 e. The second-order valence-corrected chi connectivity index (χ2v) is 4.66. The molecule has 3 nitrogen and oxygen atoms in total. The van der Waals surface area contributed by atoms with Crippen LogP contribution < -0.4 is 0 Å². The Morgan fingerprint density at radius 2 is 2.67 bits per heavy atom. The van der Waals surface area contributed by atoms with E-state index in [-0.39, 0.29) is 0 Å². The number of likely N-dealkylation sites (tertiary alicyclic amines) is 1. The topological polar surface area (TPSA) is 29.0 Å². The first kappa shape index (κ1) is 8.47. The Bertz CT molecular complexity index is 237. The van der Waals surface area contributed by atoms with Crippen LogP contribution >= 0.6 is 24.0 Å². The van der Waals surface area contributed by atoms with Gasteiger partial charge in [0.05, 0.1) is 6.54 Å². The van der Waals surface area contributed by atoms with Crippen LogP contribution in [-0.2, 0) is 6.54 Å². The number of hydrogen-bond donors (Lipinski definition) is 1. The lowest BCUT2D eigenvalue weighted by molar-refractivity contribution is 0.331. The van der Waals surface area contributed by atoms with E-state index < -0.39 is 0 Å². The normalized spacial score (nSPS) is 24.9. The molecule has 66 valence electrons. The minimum absolute atomic E-state index is 0.554. The maximum atomic E-state index is 4.43. The molecule has 2 rings (SSSR count). The molecule has 0 bridgehead atoms. The minimum Gasteiger partial charge on any atom is -0.295 e. The lowest BCUT2D eigenvalue weighted by atomic mass is 10.4. The molecule has 1 unspecified atom stereocenters. The summed E-state index contributed by atoms with van der Waals surface area (Å²) >= 11 is 6.05. The molecule has 1 fully saturated rings. The summed E-state index contributed by atoms with van der Waals surface area (Å²) in [4.78, 5) is 2.37. The first-order valence-electron chi connectivity index (χ1n) is 4.00. The average molecular weight is 201 g/mol. The molecule has 1 aliphatic heterocycles. The Balaban J connectivity index is 1.88. The van der Waals surface area contributed by atoms with Crippen LogP contribution in [0, 0.1) is 0 Å². The lowest BCUT2D eigenvalue weighted by Gasteiger charge is -2.11. The molecular formula is C7H11N3S2. The van der Waals surface area contributed by atoms with Gasteiger partial charge in [-0.15, -0.1) is 21.5 Å². The van der Waals surface area contributed by atoms with Crippen molar-refractivity contribution in [2.45, 2.75) is 18.2 Å². The summed E-state index contributed by atoms with van der Waals surface area (Å²) in [5.74, 6) is 0. The minimum atomic E-state index is 0.554. The Morgan fingerprint density at radius 3 is 3.25 bits per heavy atom. The summed E-state index contributed by atoms with van der Waals surface area (Å²) in [7, 11) is 0. The quantitative estimate of drug-likeness (QED) is 0.725. The van der Waals surface area contributed by atoms with Crippen molar-refractivity contribution >= 4 is 24.0 Å². The van der Waals surface area contributed by atoms with Gasteiger partial charge in [-0.1, -0.05) is 0 Å². The van der Waals surface area contributed by atoms with Crippen LogP contribution in [0.1, 0.15) is 11.4 Å². The number of aromatic nitrogens is 2. The third-order valence-corrected chi connectivity index (χ3v) is 3.12. The van der Waals surface area contributed by atoms with E-state index in [4.69, 9.17) is 0 Å². The highest BCUT2D eigenvalue weighted by atomic mass is 32.1. The maximum absolute atomic E-state index is 4.43. The van der Waals surface area contributed by atoms with E-state index in [1.807, 2.05) is 0 Å². The third kappa shape index (κ3) is 1.97. The molecule has 0 radical (unpaired) electrons. The fraction of sp³-hybridized carbons (Fsp3) is 0.714. The van der Waals surface area contributed by atoms with Crippen molar-refractivity contribution in [1.82, 2.24) is 15.1 Å². The molecule has 12 heavy (non-hydrogen) atoms. The van der Waals surface area contributed by atoms with Crippen molar-refractivity contribution in [3.63, 3.8) is 0 Å². The fourth-order valence-electron chi connectivity index (χ4n) is 1.41. The molecule has 0 aliphatic carbocycles. The number of hydrogen-bond acceptors (Lipinski definition) is 5. The van der Waals surface area contributed by atoms with Crippen LogP contribution in [0.15, 0.2) is 5.51 Å². The number of nitrogens with zero attached hydrogens (tertiary/aromatic N) is 3. The van der Waals surface area contributed by atoms with Gasteiger partial charge in [0.25, 0.3) is 0 Å². The largest absolute Gasteiger partial charge is 0.295 e. The van der Waals surface area contributed by atoms with E-state index in [0.29, 0.717) is 5.25 Å². The SMILES string of the molecule is SC1CCN(Cc2nncs2)C1. The molecule has 0 saturated carbocycles. The van der Waals surface area contributed by atoms with Crippen LogP contribution in [0.5, 0.6) is 0 Å². The van der Waals surface area contributed by atoms with Gasteiger partial charge in [0, 0.05) is 11.8 Å². The molecule has 0 amide bonds. The van der Waals surface area contributed by atoms with E-state index >= 15 is 0 Å². The Kier molecular flexibility index (Phi) is 2.63. The summed E-state index contributed by atoms with van der Waals surface area (Å²) in [6, 6.07) is 0. The second-order valence-electron chi connectivity index (χ2n) is 3.01. The average Bonchev–Trinajstić information content (AvgIpc) is 2.63. The predicted octanol–water partition coefficient (Wildman–Crippen LogP) is 1.04. The van der Waals surface area contributed by atoms with Gasteiger partial charge in [-0.25, -0.2) is 0 Å². The van der Waals surface area contributed by atoms with Crippen molar-refractivity contribution in [2.75, 3.05) is 13.1 Å². The molecule has 1 aromatic rings. The van der Waals surface area contributed by atoms with E-state index in [0.717, 1.165) is 24.6 Å². The highest BCUT2D eigenvalue weighted by molar-refractivity contribution is 7.81. The van der Waals surface area contributed by atoms with E-state index in [1.54, 1.807) is 16.8 Å². The monoisotopic (exact) mass is 201 g/mol. The fourth-order valence-corrected chi connectivity index (χ4v) is 2.33. The van der Waals surface area contributed by atoms with Gasteiger partial charge < -0.3 is 0 Å². The summed E-state index contributed by atoms with van der Waals surface area (Å²) < 4.78 is 0. The molecule has 1 aliphatic rings. The third-order valence-electron chi connectivity index (χ3n) is 2.01. The zero-order valence-electron chi connectivity index (χ0n) is 6.68. The Morgan fingerprint density at radius 1 is 1.75 bits per heavy atom. The second kappa shape index (κ2) is 3.72. The van der Waals surface area contributed by atoms with Crippen LogP contribution in [0.2, 0.25) is 0 Å². The van der Waals surface area contributed by atoms with Crippen LogP contribution in [0.25, 0.3) is 0 Å². The van der Waals surface area contributed by atoms with Gasteiger partial charge in [-0.05, 0) is 13.0 Å². The summed E-state index contributed by atoms with van der Waals surface area (Å²) in [6.07, 6.45) is 1.20. The van der Waals surface area contributed by atoms with E-state index in [1.165, 1.54) is 6.42 Å². The number of rotatable bonds is 2. The standard InChI is InChI=1S/C7H11N3S2/c11-6-1-2-10(3-6)4-7-9-8-5-12-7/h5-6,11H,1-4H2. The smallest absolute Gasteiger partial charge is 0.131 e. The molecule has 1 aromatic heterocycles. The van der Waals surface area contributed by atoms with Crippen molar-refractivity contribution in [3.05, 3.63) is 10.5 Å². The summed E-state index contributed by atoms with van der Waals surface area (Å²) in [5.41, 5.74) is 1.78. The van der Waals surface area contributed by atoms with Gasteiger partial charge in [0.15, 0.2) is 0 Å². The van der Waals surface area contributed by atoms with Gasteiger partial charge in [-0.2, -0.15) is 12.6 Å². The zero-order chi connectivity index (χ0) is 8.39. The van der Waals surface area contributed by atoms with Gasteiger partial charge in [-0.3, -0.25) is 4.90 Å². The highest BCUT2D eigenvalue weighted by Crippen LogP contribution is 2.17. The first-order valence-corrected chi connectivity index (χ1v) is 5.39. The molecule has 1 saturated heterocycles. The summed E-state index contributed by atoms with van der Waals surface area (Å²) in [6.45, 7) is 3.18. The Labute approximate surface area is 81.2 Å². The number of thiol groups is 1. The van der Waals surface area contributed by atoms with Gasteiger partial charge in [0.1, 0.15) is 10.5 Å². The van der Waals surface area contributed by atoms with Gasteiger partial charge in [0.2, 0.25) is 0 Å². The van der Waals surface area contributed by atoms with Crippen LogP contribution in [0.4, 0.5) is 0 Å². The lowest BCUT2D eigenvalue weighted by Crippen LogP contribution is -2.20.